The van der Waals surface area contributed by atoms with Crippen molar-refractivity contribution in [1.29, 1.82) is 0 Å². The van der Waals surface area contributed by atoms with Gasteiger partial charge in [0.1, 0.15) is 0 Å². The van der Waals surface area contributed by atoms with Gasteiger partial charge in [-0.05, 0) is 0 Å². The molecule has 0 rings (SSSR count). The van der Waals surface area contributed by atoms with Gasteiger partial charge in [0.15, 0.2) is 0 Å². The Balaban J connectivity index is -0.0000000720. The minimum atomic E-state index is -0.181. The van der Waals surface area contributed by atoms with E-state index >= 15 is 0 Å². The van der Waals surface area contributed by atoms with Crippen LogP contribution in [0, 0.1) is 0 Å². The van der Waals surface area contributed by atoms with Crippen LogP contribution in [0.15, 0.2) is 0 Å². The maximum Gasteiger partial charge on any atom is 2.00 e. The summed E-state index contributed by atoms with van der Waals surface area (Å²) in [5, 5.41) is 16.9. The SMILES string of the molecule is O=BO[O-].O=BO[O-].[Zn+2]. The van der Waals surface area contributed by atoms with Crippen molar-refractivity contribution in [2.75, 3.05) is 0 Å². The first-order valence-electron chi connectivity index (χ1n) is 1.28. The molecule has 9 heteroatoms. The van der Waals surface area contributed by atoms with E-state index in [-0.39, 0.29) is 34.2 Å². The summed E-state index contributed by atoms with van der Waals surface area (Å²) in [5.74, 6) is 0. The minimum Gasteiger partial charge on any atom is 2.00 e. The van der Waals surface area contributed by atoms with E-state index in [2.05, 4.69) is 9.61 Å². The van der Waals surface area contributed by atoms with Crippen LogP contribution in [0.4, 0.5) is 0 Å². The van der Waals surface area contributed by atoms with Crippen LogP contribution in [0.2, 0.25) is 0 Å². The Kier molecular flexibility index (Phi) is 43.9. The average molecular weight is 183 g/mol. The molecule has 0 N–H and O–H groups in total. The second-order valence-corrected chi connectivity index (χ2v) is 0.385. The van der Waals surface area contributed by atoms with Crippen molar-refractivity contribution in [2.24, 2.45) is 0 Å². The summed E-state index contributed by atoms with van der Waals surface area (Å²) >= 11 is 0. The molecule has 0 aliphatic heterocycles. The summed E-state index contributed by atoms with van der Waals surface area (Å²) in [4.78, 5) is 5.22. The molecular formula is B2O6Zn. The van der Waals surface area contributed by atoms with Gasteiger partial charge in [-0.2, -0.15) is 0 Å². The molecule has 0 saturated heterocycles. The van der Waals surface area contributed by atoms with Crippen molar-refractivity contribution in [1.82, 2.24) is 0 Å². The second-order valence-electron chi connectivity index (χ2n) is 0.385. The molecule has 0 aromatic carbocycles. The molecule has 0 bridgehead atoms. The van der Waals surface area contributed by atoms with Crippen LogP contribution in [0.5, 0.6) is 0 Å². The van der Waals surface area contributed by atoms with Crippen LogP contribution in [0.3, 0.4) is 0 Å². The van der Waals surface area contributed by atoms with E-state index < -0.39 is 0 Å². The fraction of sp³-hybridized carbons (Fsp3) is 0. The van der Waals surface area contributed by atoms with Gasteiger partial charge in [-0.25, -0.2) is 0 Å². The van der Waals surface area contributed by atoms with Crippen LogP contribution in [0.1, 0.15) is 0 Å². The fourth-order valence-corrected chi connectivity index (χ4v) is 0. The molecule has 0 spiro atoms. The molecule has 0 unspecified atom stereocenters. The third-order valence-corrected chi connectivity index (χ3v) is 0.0786. The molecule has 44 valence electrons. The van der Waals surface area contributed by atoms with E-state index in [0.717, 1.165) is 0 Å². The van der Waals surface area contributed by atoms with Crippen molar-refractivity contribution in [3.63, 3.8) is 0 Å². The van der Waals surface area contributed by atoms with Gasteiger partial charge in [-0.15, -0.1) is 0 Å². The van der Waals surface area contributed by atoms with Gasteiger partial charge < -0.3 is 0 Å². The molecule has 9 heavy (non-hydrogen) atoms. The maximum atomic E-state index is 8.64. The number of hydrogen-bond donors (Lipinski definition) is 0. The molecule has 0 aliphatic carbocycles. The van der Waals surface area contributed by atoms with Gasteiger partial charge in [-0.3, -0.25) is 0 Å². The van der Waals surface area contributed by atoms with Gasteiger partial charge in [0, 0.05) is 0 Å². The van der Waals surface area contributed by atoms with E-state index in [1.54, 1.807) is 0 Å². The molecule has 0 aromatic heterocycles. The molecule has 0 heterocycles. The quantitative estimate of drug-likeness (QED) is 0.250. The molecule has 6 nitrogen and oxygen atoms in total. The molecule has 0 radical (unpaired) electrons. The Morgan fingerprint density at radius 1 is 1.00 bits per heavy atom. The van der Waals surface area contributed by atoms with Gasteiger partial charge in [0.25, 0.3) is 0 Å². The Bertz CT molecular complexity index is 47.0. The van der Waals surface area contributed by atoms with E-state index in [1.807, 2.05) is 0 Å². The molecule has 0 fully saturated rings. The summed E-state index contributed by atoms with van der Waals surface area (Å²) in [6.45, 7) is 0. The summed E-state index contributed by atoms with van der Waals surface area (Å²) in [7, 11) is -0.361. The van der Waals surface area contributed by atoms with Crippen LogP contribution in [-0.4, -0.2) is 14.7 Å². The van der Waals surface area contributed by atoms with E-state index in [1.165, 1.54) is 0 Å². The number of rotatable bonds is 2. The largest absolute Gasteiger partial charge is 2.00 e. The van der Waals surface area contributed by atoms with Crippen molar-refractivity contribution in [2.45, 2.75) is 0 Å². The first kappa shape index (κ1) is 15.9. The fourth-order valence-electron chi connectivity index (χ4n) is 0. The standard InChI is InChI=1S/2BHO3.Zn/c2*2-1-4-3;/h2*3H;/q;;+2/p-2. The zero-order valence-corrected chi connectivity index (χ0v) is 7.28. The summed E-state index contributed by atoms with van der Waals surface area (Å²) in [5.41, 5.74) is 0. The Morgan fingerprint density at radius 3 is 1.11 bits per heavy atom. The molecule has 0 aromatic rings. The predicted molar refractivity (Wildman–Crippen MR) is 15.1 cm³/mol. The van der Waals surface area contributed by atoms with Crippen LogP contribution >= 0.6 is 0 Å². The van der Waals surface area contributed by atoms with Crippen molar-refractivity contribution in [3.8, 4) is 0 Å². The molecular weight excluding hydrogens is 183 g/mol. The smallest absolute Gasteiger partial charge is 2.00 e. The van der Waals surface area contributed by atoms with Gasteiger partial charge >= 0.3 is 63.7 Å². The topological polar surface area (TPSA) is 98.7 Å². The Labute approximate surface area is 64.3 Å². The minimum absolute atomic E-state index is 0. The zero-order chi connectivity index (χ0) is 6.83. The van der Waals surface area contributed by atoms with Gasteiger partial charge in [0.05, 0.1) is 0 Å². The summed E-state index contributed by atoms with van der Waals surface area (Å²) in [6, 6.07) is 0. The molecule has 0 saturated carbocycles. The Hall–Kier alpha value is -0.127. The van der Waals surface area contributed by atoms with E-state index in [9.17, 15) is 0 Å². The number of hydrogen-bond acceptors (Lipinski definition) is 6. The van der Waals surface area contributed by atoms with Gasteiger partial charge in [-0.1, -0.05) is 0 Å². The third-order valence-electron chi connectivity index (χ3n) is 0.0786. The van der Waals surface area contributed by atoms with Crippen molar-refractivity contribution >= 4 is 14.7 Å². The van der Waals surface area contributed by atoms with Crippen molar-refractivity contribution in [3.05, 3.63) is 0 Å². The summed E-state index contributed by atoms with van der Waals surface area (Å²) in [6.07, 6.45) is 0. The predicted octanol–water partition coefficient (Wildman–Crippen LogP) is -3.52. The first-order chi connectivity index (χ1) is 3.83. The van der Waals surface area contributed by atoms with Crippen LogP contribution in [0.25, 0.3) is 0 Å². The van der Waals surface area contributed by atoms with E-state index in [4.69, 9.17) is 19.9 Å². The van der Waals surface area contributed by atoms with Gasteiger partial charge in [0.2, 0.25) is 0 Å². The molecule has 0 atom stereocenters. The Morgan fingerprint density at radius 2 is 1.11 bits per heavy atom. The second kappa shape index (κ2) is 24.8. The van der Waals surface area contributed by atoms with Crippen LogP contribution < -0.4 is 10.5 Å². The monoisotopic (exact) mass is 182 g/mol. The van der Waals surface area contributed by atoms with Crippen molar-refractivity contribution < 1.29 is 49.0 Å². The van der Waals surface area contributed by atoms with Crippen LogP contribution in [-0.2, 0) is 38.5 Å². The van der Waals surface area contributed by atoms with E-state index in [0.29, 0.717) is 0 Å². The molecule has 0 amide bonds. The maximum absolute atomic E-state index is 8.64. The average Bonchev–Trinajstić information content (AvgIpc) is 1.88. The summed E-state index contributed by atoms with van der Waals surface area (Å²) < 4.78 is 17.3. The molecule has 0 aliphatic rings. The third kappa shape index (κ3) is 77.4. The normalized spacial score (nSPS) is 3.78. The zero-order valence-electron chi connectivity index (χ0n) is 4.31. The first-order valence-corrected chi connectivity index (χ1v) is 1.28.